The van der Waals surface area contributed by atoms with E-state index < -0.39 is 0 Å². The fourth-order valence-corrected chi connectivity index (χ4v) is 4.43. The number of carbonyl (C=O) groups excluding carboxylic acids is 2. The molecule has 0 radical (unpaired) electrons. The SMILES string of the molecule is CC(C)NC(=O)c1sc2ccccc2c1[C@H]1CN(C(=O)C(C)C)CCO1. The van der Waals surface area contributed by atoms with Crippen LogP contribution in [0.2, 0.25) is 0 Å². The van der Waals surface area contributed by atoms with Crippen LogP contribution in [0.25, 0.3) is 10.1 Å². The number of amides is 2. The molecule has 1 aromatic carbocycles. The molecule has 0 saturated carbocycles. The normalized spacial score (nSPS) is 17.9. The number of nitrogens with zero attached hydrogens (tertiary/aromatic N) is 1. The molecular weight excluding hydrogens is 348 g/mol. The molecule has 0 spiro atoms. The number of carbonyl (C=O) groups is 2. The van der Waals surface area contributed by atoms with Crippen molar-refractivity contribution >= 4 is 33.2 Å². The molecule has 0 unspecified atom stereocenters. The van der Waals surface area contributed by atoms with Gasteiger partial charge in [-0.3, -0.25) is 9.59 Å². The maximum atomic E-state index is 12.8. The summed E-state index contributed by atoms with van der Waals surface area (Å²) in [6.45, 7) is 9.29. The van der Waals surface area contributed by atoms with Crippen LogP contribution in [0.5, 0.6) is 0 Å². The number of thiophene rings is 1. The molecule has 0 bridgehead atoms. The third-order valence-electron chi connectivity index (χ3n) is 4.45. The average Bonchev–Trinajstić information content (AvgIpc) is 3.00. The highest BCUT2D eigenvalue weighted by Gasteiger charge is 2.32. The lowest BCUT2D eigenvalue weighted by atomic mass is 10.0. The molecule has 1 fully saturated rings. The number of nitrogens with one attached hydrogen (secondary N) is 1. The van der Waals surface area contributed by atoms with Crippen molar-refractivity contribution in [1.29, 1.82) is 0 Å². The van der Waals surface area contributed by atoms with Crippen LogP contribution in [-0.4, -0.2) is 42.5 Å². The van der Waals surface area contributed by atoms with Gasteiger partial charge in [-0.15, -0.1) is 11.3 Å². The molecule has 1 aliphatic rings. The Morgan fingerprint density at radius 1 is 1.23 bits per heavy atom. The summed E-state index contributed by atoms with van der Waals surface area (Å²) < 4.78 is 7.08. The van der Waals surface area contributed by atoms with Crippen molar-refractivity contribution in [3.8, 4) is 0 Å². The first kappa shape index (κ1) is 18.9. The molecule has 2 aromatic rings. The fraction of sp³-hybridized carbons (Fsp3) is 0.500. The minimum absolute atomic E-state index is 0.0447. The zero-order valence-electron chi connectivity index (χ0n) is 15.7. The van der Waals surface area contributed by atoms with Gasteiger partial charge >= 0.3 is 0 Å². The lowest BCUT2D eigenvalue weighted by molar-refractivity contribution is -0.142. The number of morpholine rings is 1. The van der Waals surface area contributed by atoms with Crippen molar-refractivity contribution in [3.05, 3.63) is 34.7 Å². The molecule has 3 rings (SSSR count). The average molecular weight is 375 g/mol. The molecule has 1 aromatic heterocycles. The molecule has 1 N–H and O–H groups in total. The summed E-state index contributed by atoms with van der Waals surface area (Å²) >= 11 is 1.49. The standard InChI is InChI=1S/C20H26N2O3S/c1-12(2)20(24)22-9-10-25-15(11-22)17-14-7-5-6-8-16(14)26-18(17)19(23)21-13(3)4/h5-8,12-13,15H,9-11H2,1-4H3,(H,21,23)/t15-/m1/s1. The van der Waals surface area contributed by atoms with Crippen LogP contribution >= 0.6 is 11.3 Å². The first-order valence-corrected chi connectivity index (χ1v) is 9.92. The van der Waals surface area contributed by atoms with Crippen LogP contribution in [0.4, 0.5) is 0 Å². The summed E-state index contributed by atoms with van der Waals surface area (Å²) in [4.78, 5) is 27.8. The van der Waals surface area contributed by atoms with Crippen molar-refractivity contribution < 1.29 is 14.3 Å². The Labute approximate surface area is 158 Å². The quantitative estimate of drug-likeness (QED) is 0.890. The van der Waals surface area contributed by atoms with Crippen molar-refractivity contribution in [2.45, 2.75) is 39.8 Å². The first-order chi connectivity index (χ1) is 12.4. The highest BCUT2D eigenvalue weighted by molar-refractivity contribution is 7.21. The number of benzene rings is 1. The minimum atomic E-state index is -0.282. The number of hydrogen-bond donors (Lipinski definition) is 1. The van der Waals surface area contributed by atoms with E-state index in [0.717, 1.165) is 15.6 Å². The van der Waals surface area contributed by atoms with Gasteiger partial charge in [-0.1, -0.05) is 32.0 Å². The van der Waals surface area contributed by atoms with Crippen LogP contribution < -0.4 is 5.32 Å². The Bertz CT molecular complexity index is 812. The molecule has 140 valence electrons. The van der Waals surface area contributed by atoms with Gasteiger partial charge in [-0.2, -0.15) is 0 Å². The van der Waals surface area contributed by atoms with Gasteiger partial charge < -0.3 is 15.0 Å². The van der Waals surface area contributed by atoms with Gasteiger partial charge in [0.25, 0.3) is 5.91 Å². The second-order valence-corrected chi connectivity index (χ2v) is 8.32. The topological polar surface area (TPSA) is 58.6 Å². The lowest BCUT2D eigenvalue weighted by Gasteiger charge is -2.34. The Balaban J connectivity index is 1.99. The highest BCUT2D eigenvalue weighted by atomic mass is 32.1. The Hall–Kier alpha value is -1.92. The Kier molecular flexibility index (Phi) is 5.63. The van der Waals surface area contributed by atoms with Gasteiger partial charge in [0.15, 0.2) is 0 Å². The zero-order valence-corrected chi connectivity index (χ0v) is 16.6. The molecule has 5 nitrogen and oxygen atoms in total. The van der Waals surface area contributed by atoms with E-state index in [4.69, 9.17) is 4.74 Å². The molecule has 2 amide bonds. The molecule has 1 aliphatic heterocycles. The van der Waals surface area contributed by atoms with Gasteiger partial charge in [-0.05, 0) is 25.3 Å². The minimum Gasteiger partial charge on any atom is -0.370 e. The highest BCUT2D eigenvalue weighted by Crippen LogP contribution is 2.38. The summed E-state index contributed by atoms with van der Waals surface area (Å²) in [5, 5.41) is 4.02. The molecule has 2 heterocycles. The van der Waals surface area contributed by atoms with Crippen LogP contribution in [0.15, 0.2) is 24.3 Å². The summed E-state index contributed by atoms with van der Waals surface area (Å²) in [5.41, 5.74) is 0.907. The van der Waals surface area contributed by atoms with E-state index in [9.17, 15) is 9.59 Å². The summed E-state index contributed by atoms with van der Waals surface area (Å²) in [7, 11) is 0. The van der Waals surface area contributed by atoms with Gasteiger partial charge in [0.05, 0.1) is 18.0 Å². The van der Waals surface area contributed by atoms with Crippen LogP contribution in [0.3, 0.4) is 0 Å². The molecule has 1 atom stereocenters. The van der Waals surface area contributed by atoms with Gasteiger partial charge in [0, 0.05) is 28.8 Å². The monoisotopic (exact) mass is 374 g/mol. The second kappa shape index (κ2) is 7.76. The lowest BCUT2D eigenvalue weighted by Crippen LogP contribution is -2.44. The Morgan fingerprint density at radius 2 is 1.96 bits per heavy atom. The van der Waals surface area contributed by atoms with Gasteiger partial charge in [-0.25, -0.2) is 0 Å². The van der Waals surface area contributed by atoms with Crippen LogP contribution in [0.1, 0.15) is 49.0 Å². The number of hydrogen-bond acceptors (Lipinski definition) is 4. The van der Waals surface area contributed by atoms with Gasteiger partial charge in [0.2, 0.25) is 5.91 Å². The van der Waals surface area contributed by atoms with E-state index in [-0.39, 0.29) is 29.9 Å². The van der Waals surface area contributed by atoms with E-state index in [1.807, 2.05) is 56.9 Å². The molecule has 6 heteroatoms. The zero-order chi connectivity index (χ0) is 18.8. The van der Waals surface area contributed by atoms with Crippen molar-refractivity contribution in [2.24, 2.45) is 5.92 Å². The number of rotatable bonds is 4. The van der Waals surface area contributed by atoms with E-state index in [1.54, 1.807) is 0 Å². The molecule has 0 aliphatic carbocycles. The first-order valence-electron chi connectivity index (χ1n) is 9.11. The molecular formula is C20H26N2O3S. The van der Waals surface area contributed by atoms with E-state index in [2.05, 4.69) is 5.32 Å². The predicted molar refractivity (Wildman–Crippen MR) is 105 cm³/mol. The smallest absolute Gasteiger partial charge is 0.261 e. The van der Waals surface area contributed by atoms with E-state index >= 15 is 0 Å². The molecule has 26 heavy (non-hydrogen) atoms. The number of fused-ring (bicyclic) bond motifs is 1. The van der Waals surface area contributed by atoms with E-state index in [1.165, 1.54) is 11.3 Å². The summed E-state index contributed by atoms with van der Waals surface area (Å²) in [6, 6.07) is 8.06. The van der Waals surface area contributed by atoms with Crippen molar-refractivity contribution in [1.82, 2.24) is 10.2 Å². The maximum Gasteiger partial charge on any atom is 0.261 e. The maximum absolute atomic E-state index is 12.8. The van der Waals surface area contributed by atoms with Crippen molar-refractivity contribution in [3.63, 3.8) is 0 Å². The third-order valence-corrected chi connectivity index (χ3v) is 5.64. The van der Waals surface area contributed by atoms with Gasteiger partial charge in [0.1, 0.15) is 6.10 Å². The van der Waals surface area contributed by atoms with Crippen LogP contribution in [0, 0.1) is 5.92 Å². The number of ether oxygens (including phenoxy) is 1. The summed E-state index contributed by atoms with van der Waals surface area (Å²) in [6.07, 6.45) is -0.282. The van der Waals surface area contributed by atoms with Crippen molar-refractivity contribution in [2.75, 3.05) is 19.7 Å². The Morgan fingerprint density at radius 3 is 2.65 bits per heavy atom. The summed E-state index contributed by atoms with van der Waals surface area (Å²) in [5.74, 6) is 0.00908. The predicted octanol–water partition coefficient (Wildman–Crippen LogP) is 3.60. The largest absolute Gasteiger partial charge is 0.370 e. The van der Waals surface area contributed by atoms with E-state index in [0.29, 0.717) is 24.6 Å². The molecule has 1 saturated heterocycles. The second-order valence-electron chi connectivity index (χ2n) is 7.27. The van der Waals surface area contributed by atoms with Crippen LogP contribution in [-0.2, 0) is 9.53 Å². The fourth-order valence-electron chi connectivity index (χ4n) is 3.27. The third kappa shape index (κ3) is 3.76.